The van der Waals surface area contributed by atoms with Gasteiger partial charge in [-0.05, 0) is 58.2 Å². The lowest BCUT2D eigenvalue weighted by Crippen LogP contribution is -2.51. The van der Waals surface area contributed by atoms with Crippen LogP contribution in [0, 0.1) is 0 Å². The number of carboxylic acids is 1. The van der Waals surface area contributed by atoms with Crippen molar-refractivity contribution >= 4 is 12.1 Å². The Balaban J connectivity index is 1.43. The van der Waals surface area contributed by atoms with Crippen LogP contribution in [0.5, 0.6) is 0 Å². The number of aliphatic hydroxyl groups is 1. The molecule has 2 fully saturated rings. The zero-order valence-electron chi connectivity index (χ0n) is 19.5. The average molecular weight is 454 g/mol. The van der Waals surface area contributed by atoms with Gasteiger partial charge in [-0.2, -0.15) is 10.2 Å². The molecule has 8 nitrogen and oxygen atoms in total. The molecule has 8 heteroatoms. The zero-order chi connectivity index (χ0) is 24.0. The van der Waals surface area contributed by atoms with Crippen molar-refractivity contribution in [1.29, 1.82) is 0 Å². The highest BCUT2D eigenvalue weighted by molar-refractivity contribution is 5.84. The number of nitrogens with zero attached hydrogens (tertiary/aromatic N) is 3. The number of ether oxygens (including phenoxy) is 1. The Morgan fingerprint density at radius 1 is 1.15 bits per heavy atom. The van der Waals surface area contributed by atoms with Gasteiger partial charge in [-0.1, -0.05) is 24.3 Å². The van der Waals surface area contributed by atoms with E-state index in [2.05, 4.69) is 10.2 Å². The van der Waals surface area contributed by atoms with Gasteiger partial charge in [-0.3, -0.25) is 4.79 Å². The van der Waals surface area contributed by atoms with Crippen molar-refractivity contribution < 1.29 is 24.5 Å². The topological polar surface area (TPSA) is 113 Å². The molecule has 4 rings (SSSR count). The predicted octanol–water partition coefficient (Wildman–Crippen LogP) is 4.08. The number of cyclic esters (lactones) is 1. The summed E-state index contributed by atoms with van der Waals surface area (Å²) in [5, 5.41) is 28.0. The van der Waals surface area contributed by atoms with Gasteiger partial charge in [0.15, 0.2) is 0 Å². The number of aromatic nitrogens is 2. The molecule has 2 N–H and O–H groups in total. The molecule has 33 heavy (non-hydrogen) atoms. The van der Waals surface area contributed by atoms with E-state index >= 15 is 0 Å². The van der Waals surface area contributed by atoms with Crippen LogP contribution in [0.25, 0.3) is 11.3 Å². The summed E-state index contributed by atoms with van der Waals surface area (Å²) in [6.45, 7) is 7.82. The van der Waals surface area contributed by atoms with Gasteiger partial charge in [-0.15, -0.1) is 0 Å². The molecule has 0 bridgehead atoms. The lowest BCUT2D eigenvalue weighted by molar-refractivity contribution is -0.140. The Labute approximate surface area is 193 Å². The van der Waals surface area contributed by atoms with Crippen molar-refractivity contribution in [3.05, 3.63) is 47.7 Å². The summed E-state index contributed by atoms with van der Waals surface area (Å²) < 4.78 is 5.73. The summed E-state index contributed by atoms with van der Waals surface area (Å²) in [4.78, 5) is 25.9. The molecule has 1 aliphatic heterocycles. The lowest BCUT2D eigenvalue weighted by Gasteiger charge is -2.43. The van der Waals surface area contributed by atoms with Crippen LogP contribution in [0.4, 0.5) is 4.79 Å². The molecule has 0 spiro atoms. The second kappa shape index (κ2) is 8.09. The lowest BCUT2D eigenvalue weighted by atomic mass is 9.87. The fourth-order valence-corrected chi connectivity index (χ4v) is 4.72. The van der Waals surface area contributed by atoms with Gasteiger partial charge in [0.2, 0.25) is 0 Å². The Bertz CT molecular complexity index is 1040. The SMILES string of the molecule is C[C@@H](c1ccc(-c2ccc(C3(C(=O)O)CC3)nn2)cc1)N1CC[C@@](C)(CC(C)(C)O)OC1=O. The second-order valence-corrected chi connectivity index (χ2v) is 10.2. The molecule has 0 unspecified atom stereocenters. The van der Waals surface area contributed by atoms with Crippen LogP contribution in [0.1, 0.15) is 70.7 Å². The van der Waals surface area contributed by atoms with E-state index in [1.54, 1.807) is 30.9 Å². The van der Waals surface area contributed by atoms with Gasteiger partial charge in [0.25, 0.3) is 0 Å². The first kappa shape index (κ1) is 23.2. The van der Waals surface area contributed by atoms with Crippen LogP contribution in [-0.2, 0) is 14.9 Å². The summed E-state index contributed by atoms with van der Waals surface area (Å²) in [6.07, 6.45) is 1.84. The quantitative estimate of drug-likeness (QED) is 0.649. The standard InChI is InChI=1S/C25H31N3O5/c1-16(28-14-13-24(4,33-22(28)31)15-23(2,3)32)17-5-7-18(8-6-17)19-9-10-20(27-26-19)25(11-12-25)21(29)30/h5-10,16,32H,11-15H2,1-4H3,(H,29,30)/t16-,24-/m0/s1. The van der Waals surface area contributed by atoms with Crippen LogP contribution in [0.15, 0.2) is 36.4 Å². The largest absolute Gasteiger partial charge is 0.481 e. The molecular weight excluding hydrogens is 422 g/mol. The number of benzene rings is 1. The second-order valence-electron chi connectivity index (χ2n) is 10.2. The monoisotopic (exact) mass is 453 g/mol. The van der Waals surface area contributed by atoms with Gasteiger partial charge < -0.3 is 19.8 Å². The van der Waals surface area contributed by atoms with E-state index in [0.717, 1.165) is 11.1 Å². The Hall–Kier alpha value is -3.00. The molecule has 2 aliphatic rings. The Kier molecular flexibility index (Phi) is 5.68. The maximum absolute atomic E-state index is 12.7. The van der Waals surface area contributed by atoms with E-state index in [-0.39, 0.29) is 12.1 Å². The smallest absolute Gasteiger partial charge is 0.410 e. The normalized spacial score (nSPS) is 23.1. The van der Waals surface area contributed by atoms with Crippen molar-refractivity contribution in [2.24, 2.45) is 0 Å². The van der Waals surface area contributed by atoms with E-state index in [4.69, 9.17) is 4.74 Å². The van der Waals surface area contributed by atoms with E-state index in [9.17, 15) is 19.8 Å². The maximum atomic E-state index is 12.7. The highest BCUT2D eigenvalue weighted by Crippen LogP contribution is 2.47. The molecule has 1 saturated heterocycles. The minimum atomic E-state index is -0.910. The number of aliphatic carboxylic acids is 1. The van der Waals surface area contributed by atoms with Gasteiger partial charge in [-0.25, -0.2) is 4.79 Å². The van der Waals surface area contributed by atoms with E-state index in [1.165, 1.54) is 0 Å². The molecular formula is C25H31N3O5. The zero-order valence-corrected chi connectivity index (χ0v) is 19.5. The van der Waals surface area contributed by atoms with Gasteiger partial charge in [0.05, 0.1) is 23.0 Å². The van der Waals surface area contributed by atoms with Crippen molar-refractivity contribution in [1.82, 2.24) is 15.1 Å². The van der Waals surface area contributed by atoms with Crippen LogP contribution in [-0.4, -0.2) is 55.1 Å². The Morgan fingerprint density at radius 3 is 2.30 bits per heavy atom. The molecule has 2 heterocycles. The minimum Gasteiger partial charge on any atom is -0.481 e. The fraction of sp³-hybridized carbons (Fsp3) is 0.520. The minimum absolute atomic E-state index is 0.169. The first-order valence-corrected chi connectivity index (χ1v) is 11.3. The molecule has 1 amide bonds. The number of carboxylic acid groups (broad SMARTS) is 1. The van der Waals surface area contributed by atoms with Crippen LogP contribution in [0.2, 0.25) is 0 Å². The first-order chi connectivity index (χ1) is 15.4. The van der Waals surface area contributed by atoms with Crippen LogP contribution in [0.3, 0.4) is 0 Å². The molecule has 176 valence electrons. The number of amides is 1. The Morgan fingerprint density at radius 2 is 1.82 bits per heavy atom. The van der Waals surface area contributed by atoms with Crippen molar-refractivity contribution in [3.8, 4) is 11.3 Å². The van der Waals surface area contributed by atoms with E-state index < -0.39 is 22.6 Å². The predicted molar refractivity (Wildman–Crippen MR) is 122 cm³/mol. The third kappa shape index (κ3) is 4.71. The fourth-order valence-electron chi connectivity index (χ4n) is 4.72. The van der Waals surface area contributed by atoms with Crippen molar-refractivity contribution in [3.63, 3.8) is 0 Å². The highest BCUT2D eigenvalue weighted by atomic mass is 16.6. The molecule has 0 radical (unpaired) electrons. The van der Waals surface area contributed by atoms with Crippen LogP contribution >= 0.6 is 0 Å². The summed E-state index contributed by atoms with van der Waals surface area (Å²) in [5.74, 6) is -0.848. The van der Waals surface area contributed by atoms with Crippen molar-refractivity contribution in [2.45, 2.75) is 76.0 Å². The van der Waals surface area contributed by atoms with E-state index in [0.29, 0.717) is 43.6 Å². The number of rotatable bonds is 7. The molecule has 1 aliphatic carbocycles. The van der Waals surface area contributed by atoms with Crippen molar-refractivity contribution in [2.75, 3.05) is 6.54 Å². The molecule has 1 aromatic carbocycles. The summed E-state index contributed by atoms with van der Waals surface area (Å²) in [5.41, 5.74) is 0.546. The van der Waals surface area contributed by atoms with E-state index in [1.807, 2.05) is 38.1 Å². The van der Waals surface area contributed by atoms with Crippen LogP contribution < -0.4 is 0 Å². The third-order valence-corrected chi connectivity index (χ3v) is 6.73. The highest BCUT2D eigenvalue weighted by Gasteiger charge is 2.53. The van der Waals surface area contributed by atoms with Gasteiger partial charge in [0.1, 0.15) is 11.0 Å². The molecule has 1 saturated carbocycles. The molecule has 2 atom stereocenters. The maximum Gasteiger partial charge on any atom is 0.410 e. The summed E-state index contributed by atoms with van der Waals surface area (Å²) >= 11 is 0. The number of hydrogen-bond acceptors (Lipinski definition) is 6. The van der Waals surface area contributed by atoms with Gasteiger partial charge >= 0.3 is 12.1 Å². The average Bonchev–Trinajstić information content (AvgIpc) is 3.54. The summed E-state index contributed by atoms with van der Waals surface area (Å²) in [6, 6.07) is 11.1. The summed E-state index contributed by atoms with van der Waals surface area (Å²) in [7, 11) is 0. The number of hydrogen-bond donors (Lipinski definition) is 2. The molecule has 1 aromatic heterocycles. The first-order valence-electron chi connectivity index (χ1n) is 11.3. The number of carbonyl (C=O) groups excluding carboxylic acids is 1. The number of carbonyl (C=O) groups is 2. The molecule has 2 aromatic rings. The van der Waals surface area contributed by atoms with Gasteiger partial charge in [0, 0.05) is 24.9 Å². The third-order valence-electron chi connectivity index (χ3n) is 6.73.